The lowest BCUT2D eigenvalue weighted by Crippen LogP contribution is -2.29. The van der Waals surface area contributed by atoms with Crippen molar-refractivity contribution in [1.29, 1.82) is 0 Å². The summed E-state index contributed by atoms with van der Waals surface area (Å²) in [6.45, 7) is 6.50. The van der Waals surface area contributed by atoms with Gasteiger partial charge in [-0.15, -0.1) is 0 Å². The number of anilines is 1. The highest BCUT2D eigenvalue weighted by Crippen LogP contribution is 2.45. The van der Waals surface area contributed by atoms with Gasteiger partial charge in [-0.2, -0.15) is 0 Å². The lowest BCUT2D eigenvalue weighted by Gasteiger charge is -2.23. The Morgan fingerprint density at radius 1 is 1.10 bits per heavy atom. The zero-order valence-electron chi connectivity index (χ0n) is 21.6. The van der Waals surface area contributed by atoms with Gasteiger partial charge in [-0.25, -0.2) is 9.78 Å². The van der Waals surface area contributed by atoms with Gasteiger partial charge in [0.25, 0.3) is 5.78 Å². The number of thiazole rings is 1. The minimum atomic E-state index is -1.04. The molecule has 2 aliphatic heterocycles. The molecule has 1 N–H and O–H groups in total. The number of benzene rings is 2. The smallest absolute Gasteiger partial charge is 0.350 e. The van der Waals surface area contributed by atoms with Crippen molar-refractivity contribution in [1.82, 2.24) is 4.98 Å². The van der Waals surface area contributed by atoms with E-state index in [9.17, 15) is 19.5 Å². The Morgan fingerprint density at radius 3 is 2.62 bits per heavy atom. The zero-order valence-corrected chi connectivity index (χ0v) is 22.4. The summed E-state index contributed by atoms with van der Waals surface area (Å²) in [5.41, 5.74) is 1.04. The van der Waals surface area contributed by atoms with Gasteiger partial charge in [0.15, 0.2) is 16.6 Å². The van der Waals surface area contributed by atoms with Gasteiger partial charge in [-0.3, -0.25) is 14.5 Å². The second-order valence-corrected chi connectivity index (χ2v) is 9.64. The molecule has 1 aromatic heterocycles. The minimum Gasteiger partial charge on any atom is -0.507 e. The van der Waals surface area contributed by atoms with Gasteiger partial charge in [-0.05, 0) is 56.7 Å². The number of carbonyl (C=O) groups excluding carboxylic acids is 3. The number of rotatable bonds is 7. The fourth-order valence-corrected chi connectivity index (χ4v) is 5.49. The van der Waals surface area contributed by atoms with Crippen molar-refractivity contribution < 1.29 is 38.4 Å². The molecular weight excluding hydrogens is 524 g/mol. The fraction of sp³-hybridized carbons (Fsp3) is 0.286. The highest BCUT2D eigenvalue weighted by molar-refractivity contribution is 7.17. The van der Waals surface area contributed by atoms with Gasteiger partial charge in [0.05, 0.1) is 30.5 Å². The van der Waals surface area contributed by atoms with Crippen LogP contribution in [0.1, 0.15) is 46.4 Å². The van der Waals surface area contributed by atoms with Crippen molar-refractivity contribution in [2.45, 2.75) is 26.8 Å². The van der Waals surface area contributed by atoms with Crippen LogP contribution in [0.4, 0.5) is 5.13 Å². The van der Waals surface area contributed by atoms with Crippen molar-refractivity contribution in [3.8, 4) is 17.2 Å². The molecule has 0 bridgehead atoms. The van der Waals surface area contributed by atoms with E-state index in [4.69, 9.17) is 18.9 Å². The number of nitrogens with zero attached hydrogens (tertiary/aromatic N) is 2. The summed E-state index contributed by atoms with van der Waals surface area (Å²) in [7, 11) is 0. The predicted octanol–water partition coefficient (Wildman–Crippen LogP) is 4.42. The minimum absolute atomic E-state index is 0.129. The van der Waals surface area contributed by atoms with Crippen molar-refractivity contribution in [2.24, 2.45) is 0 Å². The van der Waals surface area contributed by atoms with Crippen molar-refractivity contribution >= 4 is 39.9 Å². The molecule has 1 saturated heterocycles. The molecule has 3 aromatic rings. The summed E-state index contributed by atoms with van der Waals surface area (Å²) in [6, 6.07) is 10.7. The van der Waals surface area contributed by atoms with E-state index >= 15 is 0 Å². The summed E-state index contributed by atoms with van der Waals surface area (Å²) in [6.07, 6.45) is 0. The summed E-state index contributed by atoms with van der Waals surface area (Å²) in [5, 5.41) is 11.6. The monoisotopic (exact) mass is 550 g/mol. The Labute approximate surface area is 228 Å². The van der Waals surface area contributed by atoms with Crippen molar-refractivity contribution in [3.05, 3.63) is 69.7 Å². The molecule has 5 rings (SSSR count). The Bertz CT molecular complexity index is 1490. The first kappa shape index (κ1) is 26.2. The average molecular weight is 551 g/mol. The number of aryl methyl sites for hydroxylation is 1. The van der Waals surface area contributed by atoms with Crippen LogP contribution < -0.4 is 19.1 Å². The summed E-state index contributed by atoms with van der Waals surface area (Å²) in [4.78, 5) is 45.3. The number of amides is 1. The first-order valence-electron chi connectivity index (χ1n) is 12.4. The number of aromatic nitrogens is 1. The van der Waals surface area contributed by atoms with Crippen LogP contribution in [0, 0.1) is 6.92 Å². The lowest BCUT2D eigenvalue weighted by molar-refractivity contribution is -0.132. The number of aliphatic hydroxyl groups is 1. The van der Waals surface area contributed by atoms with Crippen LogP contribution >= 0.6 is 11.3 Å². The van der Waals surface area contributed by atoms with Gasteiger partial charge in [-0.1, -0.05) is 23.5 Å². The lowest BCUT2D eigenvalue weighted by atomic mass is 9.95. The second kappa shape index (κ2) is 10.8. The van der Waals surface area contributed by atoms with Crippen LogP contribution in [-0.2, 0) is 14.3 Å². The van der Waals surface area contributed by atoms with Crippen molar-refractivity contribution in [3.63, 3.8) is 0 Å². The number of aliphatic hydroxyl groups excluding tert-OH is 1. The van der Waals surface area contributed by atoms with Crippen LogP contribution in [0.5, 0.6) is 17.2 Å². The van der Waals surface area contributed by atoms with Crippen LogP contribution in [0.15, 0.2) is 48.0 Å². The van der Waals surface area contributed by atoms with Crippen molar-refractivity contribution in [2.75, 3.05) is 31.3 Å². The number of hydrogen-bond donors (Lipinski definition) is 1. The number of ketones is 1. The maximum Gasteiger partial charge on any atom is 0.350 e. The van der Waals surface area contributed by atoms with Gasteiger partial charge in [0.2, 0.25) is 0 Å². The molecule has 0 aliphatic carbocycles. The predicted molar refractivity (Wildman–Crippen MR) is 143 cm³/mol. The van der Waals surface area contributed by atoms with Gasteiger partial charge < -0.3 is 24.1 Å². The van der Waals surface area contributed by atoms with Gasteiger partial charge in [0.1, 0.15) is 29.6 Å². The molecule has 202 valence electrons. The van der Waals surface area contributed by atoms with Gasteiger partial charge >= 0.3 is 11.9 Å². The molecule has 2 aliphatic rings. The molecule has 1 atom stereocenters. The van der Waals surface area contributed by atoms with E-state index < -0.39 is 23.7 Å². The highest BCUT2D eigenvalue weighted by atomic mass is 32.1. The first-order valence-corrected chi connectivity index (χ1v) is 13.2. The molecule has 1 fully saturated rings. The third-order valence-electron chi connectivity index (χ3n) is 6.20. The van der Waals surface area contributed by atoms with E-state index in [0.29, 0.717) is 48.3 Å². The SMILES string of the molecule is CCOC(=O)c1sc(N2C(=O)C(=O)/C(=C(/O)c3ccc4c(c3)OCCO4)C2c2cccc(OCC)c2)nc1C. The number of carbonyl (C=O) groups is 3. The Hall–Kier alpha value is -4.38. The third-order valence-corrected chi connectivity index (χ3v) is 7.33. The molecule has 0 radical (unpaired) electrons. The number of ether oxygens (including phenoxy) is 4. The average Bonchev–Trinajstić information content (AvgIpc) is 3.45. The van der Waals surface area contributed by atoms with Crippen LogP contribution in [0.2, 0.25) is 0 Å². The van der Waals surface area contributed by atoms with E-state index in [1.54, 1.807) is 56.3 Å². The Kier molecular flexibility index (Phi) is 7.25. The van der Waals surface area contributed by atoms with E-state index in [2.05, 4.69) is 4.98 Å². The van der Waals surface area contributed by atoms with Crippen LogP contribution in [0.25, 0.3) is 5.76 Å². The molecule has 10 nitrogen and oxygen atoms in total. The van der Waals surface area contributed by atoms with E-state index in [1.165, 1.54) is 4.90 Å². The Balaban J connectivity index is 1.67. The van der Waals surface area contributed by atoms with Crippen LogP contribution in [-0.4, -0.2) is 54.2 Å². The number of esters is 1. The summed E-state index contributed by atoms with van der Waals surface area (Å²) >= 11 is 0.947. The highest BCUT2D eigenvalue weighted by Gasteiger charge is 2.48. The third kappa shape index (κ3) is 4.81. The molecular formula is C28H26N2O8S. The quantitative estimate of drug-likeness (QED) is 0.197. The molecule has 0 saturated carbocycles. The number of Topliss-reactive ketones (excluding diaryl/α,β-unsaturated/α-hetero) is 1. The van der Waals surface area contributed by atoms with E-state index in [1.807, 2.05) is 6.92 Å². The molecule has 1 amide bonds. The molecule has 3 heterocycles. The second-order valence-electron chi connectivity index (χ2n) is 8.66. The molecule has 1 unspecified atom stereocenters. The summed E-state index contributed by atoms with van der Waals surface area (Å²) < 4.78 is 22.0. The standard InChI is InChI=1S/C28H26N2O8S/c1-4-35-18-8-6-7-16(13-18)22-21(23(31)17-9-10-19-20(14-17)38-12-11-37-19)24(32)26(33)30(22)28-29-15(3)25(39-28)27(34)36-5-2/h6-10,13-14,22,31H,4-5,11-12H2,1-3H3/b23-21+. The maximum absolute atomic E-state index is 13.5. The number of fused-ring (bicyclic) bond motifs is 1. The fourth-order valence-electron chi connectivity index (χ4n) is 4.50. The molecule has 11 heteroatoms. The van der Waals surface area contributed by atoms with E-state index in [-0.39, 0.29) is 33.5 Å². The first-order chi connectivity index (χ1) is 18.8. The number of hydrogen-bond acceptors (Lipinski definition) is 10. The molecule has 39 heavy (non-hydrogen) atoms. The maximum atomic E-state index is 13.5. The van der Waals surface area contributed by atoms with Crippen LogP contribution in [0.3, 0.4) is 0 Å². The van der Waals surface area contributed by atoms with E-state index in [0.717, 1.165) is 11.3 Å². The van der Waals surface area contributed by atoms with Gasteiger partial charge in [0, 0.05) is 5.56 Å². The topological polar surface area (TPSA) is 124 Å². The summed E-state index contributed by atoms with van der Waals surface area (Å²) in [5.74, 6) is -1.25. The molecule has 2 aromatic carbocycles. The Morgan fingerprint density at radius 2 is 1.87 bits per heavy atom. The zero-order chi connectivity index (χ0) is 27.7. The molecule has 0 spiro atoms. The largest absolute Gasteiger partial charge is 0.507 e. The normalized spacial score (nSPS) is 17.8.